The molecule has 0 aromatic heterocycles. The van der Waals surface area contributed by atoms with Crippen molar-refractivity contribution in [1.29, 1.82) is 0 Å². The van der Waals surface area contributed by atoms with Crippen LogP contribution in [0.1, 0.15) is 142 Å². The molecule has 1 aliphatic carbocycles. The smallest absolute Gasteiger partial charge is 0.137 e. The predicted octanol–water partition coefficient (Wildman–Crippen LogP) is 2.73. The number of rotatable bonds is 23. The molecule has 8 atom stereocenters. The molecule has 0 radical (unpaired) electrons. The molecule has 1 saturated heterocycles. The number of carboxylic acids is 1. The van der Waals surface area contributed by atoms with Crippen molar-refractivity contribution in [3.8, 4) is 0 Å². The summed E-state index contributed by atoms with van der Waals surface area (Å²) in [6.45, 7) is 3.39. The summed E-state index contributed by atoms with van der Waals surface area (Å²) < 4.78 is 0. The molecule has 8 unspecified atom stereocenters. The highest BCUT2D eigenvalue weighted by Crippen LogP contribution is 2.47. The van der Waals surface area contributed by atoms with Crippen molar-refractivity contribution >= 4 is 5.97 Å². The molecule has 0 aromatic carbocycles. The first-order valence-corrected chi connectivity index (χ1v) is 17.2. The van der Waals surface area contributed by atoms with E-state index in [0.29, 0.717) is 49.9 Å². The van der Waals surface area contributed by atoms with Gasteiger partial charge >= 0.3 is 0 Å². The van der Waals surface area contributed by atoms with Crippen LogP contribution in [0.4, 0.5) is 0 Å². The summed E-state index contributed by atoms with van der Waals surface area (Å²) in [4.78, 5) is 11.9. The number of nitrogens with two attached hydrogens (primary N) is 2. The average Bonchev–Trinajstić information content (AvgIpc) is 3.24. The summed E-state index contributed by atoms with van der Waals surface area (Å²) >= 11 is 0. The summed E-state index contributed by atoms with van der Waals surface area (Å²) in [7, 11) is 0. The fourth-order valence-corrected chi connectivity index (χ4v) is 7.66. The lowest BCUT2D eigenvalue weighted by molar-refractivity contribution is -0.699. The monoisotopic (exact) mass is 584 g/mol. The average molecular weight is 585 g/mol. The quantitative estimate of drug-likeness (QED) is 0.101. The van der Waals surface area contributed by atoms with Gasteiger partial charge in [-0.3, -0.25) is 5.73 Å². The molecule has 0 amide bonds. The van der Waals surface area contributed by atoms with E-state index >= 15 is 0 Å². The van der Waals surface area contributed by atoms with Crippen molar-refractivity contribution < 1.29 is 35.6 Å². The van der Waals surface area contributed by atoms with Crippen LogP contribution in [0.5, 0.6) is 0 Å². The number of piperidine rings is 1. The zero-order chi connectivity index (χ0) is 30.1. The molecule has 0 aromatic rings. The van der Waals surface area contributed by atoms with Crippen LogP contribution in [0.25, 0.3) is 0 Å². The molecule has 8 N–H and O–H groups in total. The molecule has 1 heterocycles. The van der Waals surface area contributed by atoms with E-state index in [-0.39, 0.29) is 25.3 Å². The second-order valence-electron chi connectivity index (χ2n) is 13.7. The Labute approximate surface area is 249 Å². The minimum absolute atomic E-state index is 0.149. The first-order chi connectivity index (χ1) is 19.7. The van der Waals surface area contributed by atoms with E-state index in [0.717, 1.165) is 77.2 Å². The maximum atomic E-state index is 11.9. The van der Waals surface area contributed by atoms with Gasteiger partial charge in [-0.25, -0.2) is 0 Å². The fourth-order valence-electron chi connectivity index (χ4n) is 7.66. The largest absolute Gasteiger partial charge is 0.550 e. The van der Waals surface area contributed by atoms with Gasteiger partial charge in [0, 0.05) is 24.9 Å². The fraction of sp³-hybridized carbons (Fsp3) is 0.970. The van der Waals surface area contributed by atoms with E-state index in [1.807, 2.05) is 0 Å². The van der Waals surface area contributed by atoms with Crippen molar-refractivity contribution in [2.75, 3.05) is 13.2 Å². The van der Waals surface area contributed by atoms with Crippen molar-refractivity contribution in [2.45, 2.75) is 166 Å². The third kappa shape index (κ3) is 14.5. The van der Waals surface area contributed by atoms with Crippen molar-refractivity contribution in [3.63, 3.8) is 0 Å². The SMILES string of the molecule is CCCCCCCC(O)CCCCCCC(C(=O)[O-])C(O)CCC1(O)CC(CCCO)C(CC2CC[NH2+]C(N)C2)C1. The van der Waals surface area contributed by atoms with Gasteiger partial charge in [-0.1, -0.05) is 64.7 Å². The first kappa shape index (κ1) is 36.4. The molecule has 0 bridgehead atoms. The van der Waals surface area contributed by atoms with Gasteiger partial charge in [0.2, 0.25) is 0 Å². The van der Waals surface area contributed by atoms with E-state index < -0.39 is 23.6 Å². The number of quaternary nitrogens is 1. The molecule has 8 nitrogen and oxygen atoms in total. The Morgan fingerprint density at radius 2 is 1.59 bits per heavy atom. The lowest BCUT2D eigenvalue weighted by Crippen LogP contribution is -2.94. The highest BCUT2D eigenvalue weighted by atomic mass is 16.4. The van der Waals surface area contributed by atoms with Crippen molar-refractivity contribution in [2.24, 2.45) is 29.4 Å². The van der Waals surface area contributed by atoms with E-state index in [1.54, 1.807) is 0 Å². The summed E-state index contributed by atoms with van der Waals surface area (Å²) in [5, 5.41) is 55.9. The Morgan fingerprint density at radius 1 is 0.951 bits per heavy atom. The second kappa shape index (κ2) is 20.2. The lowest BCUT2D eigenvalue weighted by atomic mass is 9.80. The number of aliphatic hydroxyl groups is 4. The summed E-state index contributed by atoms with van der Waals surface area (Å²) in [5.41, 5.74) is 5.27. The van der Waals surface area contributed by atoms with Crippen LogP contribution in [0.3, 0.4) is 0 Å². The second-order valence-corrected chi connectivity index (χ2v) is 13.7. The van der Waals surface area contributed by atoms with Crippen LogP contribution < -0.4 is 16.2 Å². The standard InChI is InChI=1S/C33H64N2O6/c1-2-3-4-5-8-13-28(37)14-9-6-7-10-15-29(32(39)40)30(38)16-18-33(41)23-26(12-11-20-36)27(24-33)21-25-17-19-35-31(34)22-25/h25-31,35-38,41H,2-24,34H2,1H3,(H,39,40). The number of carbonyl (C=O) groups is 1. The number of aliphatic carboxylic acids is 1. The van der Waals surface area contributed by atoms with Crippen LogP contribution >= 0.6 is 0 Å². The van der Waals surface area contributed by atoms with E-state index in [9.17, 15) is 30.3 Å². The number of unbranched alkanes of at least 4 members (excludes halogenated alkanes) is 7. The topological polar surface area (TPSA) is 164 Å². The Bertz CT molecular complexity index is 697. The van der Waals surface area contributed by atoms with Crippen LogP contribution in [0, 0.1) is 23.7 Å². The maximum Gasteiger partial charge on any atom is 0.137 e. The van der Waals surface area contributed by atoms with Crippen LogP contribution in [0.2, 0.25) is 0 Å². The Morgan fingerprint density at radius 3 is 2.20 bits per heavy atom. The van der Waals surface area contributed by atoms with Crippen LogP contribution in [0.15, 0.2) is 0 Å². The highest BCUT2D eigenvalue weighted by Gasteiger charge is 2.44. The van der Waals surface area contributed by atoms with Gasteiger partial charge in [-0.05, 0) is 88.4 Å². The van der Waals surface area contributed by atoms with Crippen LogP contribution in [-0.2, 0) is 4.79 Å². The third-order valence-electron chi connectivity index (χ3n) is 10.1. The molecular weight excluding hydrogens is 520 g/mol. The van der Waals surface area contributed by atoms with Crippen molar-refractivity contribution in [3.05, 3.63) is 0 Å². The van der Waals surface area contributed by atoms with Gasteiger partial charge in [0.15, 0.2) is 0 Å². The van der Waals surface area contributed by atoms with Crippen LogP contribution in [-0.4, -0.2) is 63.5 Å². The highest BCUT2D eigenvalue weighted by molar-refractivity contribution is 5.68. The van der Waals surface area contributed by atoms with Gasteiger partial charge in [0.05, 0.1) is 24.4 Å². The molecule has 1 saturated carbocycles. The lowest BCUT2D eigenvalue weighted by Gasteiger charge is -2.30. The van der Waals surface area contributed by atoms with Crippen molar-refractivity contribution in [1.82, 2.24) is 0 Å². The Kier molecular flexibility index (Phi) is 18.0. The van der Waals surface area contributed by atoms with E-state index in [1.165, 1.54) is 25.7 Å². The molecule has 1 aliphatic heterocycles. The van der Waals surface area contributed by atoms with Gasteiger partial charge in [0.1, 0.15) is 6.17 Å². The van der Waals surface area contributed by atoms with Gasteiger partial charge in [0.25, 0.3) is 0 Å². The Balaban J connectivity index is 1.72. The number of hydrogen-bond acceptors (Lipinski definition) is 7. The molecule has 0 spiro atoms. The third-order valence-corrected chi connectivity index (χ3v) is 10.1. The minimum atomic E-state index is -1.21. The van der Waals surface area contributed by atoms with Gasteiger partial charge in [-0.2, -0.15) is 0 Å². The summed E-state index contributed by atoms with van der Waals surface area (Å²) in [5.74, 6) is -0.863. The molecule has 242 valence electrons. The molecule has 8 heteroatoms. The van der Waals surface area contributed by atoms with Gasteiger partial charge < -0.3 is 35.6 Å². The number of hydrogen-bond donors (Lipinski definition) is 6. The summed E-state index contributed by atoms with van der Waals surface area (Å²) in [6.07, 6.45) is 17.1. The van der Waals surface area contributed by atoms with E-state index in [4.69, 9.17) is 5.73 Å². The summed E-state index contributed by atoms with van der Waals surface area (Å²) in [6, 6.07) is 0. The maximum absolute atomic E-state index is 11.9. The van der Waals surface area contributed by atoms with E-state index in [2.05, 4.69) is 12.2 Å². The molecule has 2 rings (SSSR count). The normalized spacial score (nSPS) is 28.9. The predicted molar refractivity (Wildman–Crippen MR) is 160 cm³/mol. The van der Waals surface area contributed by atoms with Gasteiger partial charge in [-0.15, -0.1) is 0 Å². The Hall–Kier alpha value is -0.770. The molecular formula is C33H64N2O6. The number of aliphatic hydroxyl groups excluding tert-OH is 3. The molecule has 2 aliphatic rings. The molecule has 41 heavy (non-hydrogen) atoms. The minimum Gasteiger partial charge on any atom is -0.550 e. The zero-order valence-electron chi connectivity index (χ0n) is 26.1. The first-order valence-electron chi connectivity index (χ1n) is 17.2. The number of carbonyl (C=O) groups excluding carboxylic acids is 1. The number of carboxylic acid groups (broad SMARTS) is 1. The zero-order valence-corrected chi connectivity index (χ0v) is 26.1. The molecule has 2 fully saturated rings.